The van der Waals surface area contributed by atoms with Gasteiger partial charge in [0.1, 0.15) is 5.56 Å². The van der Waals surface area contributed by atoms with E-state index in [0.717, 1.165) is 0 Å². The topological polar surface area (TPSA) is 101 Å². The van der Waals surface area contributed by atoms with E-state index < -0.39 is 11.7 Å². The van der Waals surface area contributed by atoms with Crippen LogP contribution >= 0.6 is 0 Å². The molecule has 0 aliphatic carbocycles. The predicted molar refractivity (Wildman–Crippen MR) is 56.9 cm³/mol. The fraction of sp³-hybridized carbons (Fsp3) is 0. The molecule has 0 fully saturated rings. The Morgan fingerprint density at radius 3 is 2.82 bits per heavy atom. The molecule has 84 valence electrons. The Balaban J connectivity index is 2.48. The average molecular weight is 230 g/mol. The maximum Gasteiger partial charge on any atom is 0.339 e. The highest BCUT2D eigenvalue weighted by atomic mass is 16.4. The van der Waals surface area contributed by atoms with Crippen LogP contribution in [-0.2, 0) is 0 Å². The van der Waals surface area contributed by atoms with Gasteiger partial charge in [-0.1, -0.05) is 0 Å². The molecule has 0 saturated carbocycles. The Bertz CT molecular complexity index is 750. The highest BCUT2D eigenvalue weighted by molar-refractivity contribution is 5.97. The molecule has 0 saturated heterocycles. The molecule has 0 unspecified atom stereocenters. The Hall–Kier alpha value is -2.70. The van der Waals surface area contributed by atoms with Crippen LogP contribution in [0.2, 0.25) is 0 Å². The van der Waals surface area contributed by atoms with Crippen molar-refractivity contribution in [3.05, 3.63) is 30.0 Å². The number of aromatic hydroxyl groups is 1. The Morgan fingerprint density at radius 1 is 1.24 bits per heavy atom. The van der Waals surface area contributed by atoms with Gasteiger partial charge in [-0.3, -0.25) is 0 Å². The van der Waals surface area contributed by atoms with Crippen LogP contribution in [0.1, 0.15) is 10.4 Å². The van der Waals surface area contributed by atoms with E-state index in [1.807, 2.05) is 0 Å². The zero-order valence-corrected chi connectivity index (χ0v) is 8.40. The van der Waals surface area contributed by atoms with Crippen molar-refractivity contribution in [1.29, 1.82) is 0 Å². The minimum atomic E-state index is -1.22. The summed E-state index contributed by atoms with van der Waals surface area (Å²) >= 11 is 0. The molecule has 7 nitrogen and oxygen atoms in total. The lowest BCUT2D eigenvalue weighted by atomic mass is 10.1. The zero-order chi connectivity index (χ0) is 12.0. The molecule has 2 N–H and O–H groups in total. The lowest BCUT2D eigenvalue weighted by Gasteiger charge is -2.04. The maximum absolute atomic E-state index is 10.8. The number of hydrogen-bond donors (Lipinski definition) is 2. The first-order valence-electron chi connectivity index (χ1n) is 4.74. The fourth-order valence-electron chi connectivity index (χ4n) is 1.67. The molecule has 0 bridgehead atoms. The summed E-state index contributed by atoms with van der Waals surface area (Å²) in [6.45, 7) is 0. The van der Waals surface area contributed by atoms with E-state index in [1.165, 1.54) is 16.6 Å². The number of fused-ring (bicyclic) bond motifs is 3. The summed E-state index contributed by atoms with van der Waals surface area (Å²) in [7, 11) is 0. The van der Waals surface area contributed by atoms with E-state index in [9.17, 15) is 9.90 Å². The molecule has 0 aliphatic rings. The Labute approximate surface area is 93.9 Å². The summed E-state index contributed by atoms with van der Waals surface area (Å²) in [4.78, 5) is 10.8. The molecule has 0 aliphatic heterocycles. The van der Waals surface area contributed by atoms with E-state index in [0.29, 0.717) is 11.2 Å². The molecule has 17 heavy (non-hydrogen) atoms. The van der Waals surface area contributed by atoms with Gasteiger partial charge in [0.2, 0.25) is 0 Å². The summed E-state index contributed by atoms with van der Waals surface area (Å²) in [5.41, 5.74) is 0.932. The van der Waals surface area contributed by atoms with Crippen molar-refractivity contribution in [2.75, 3.05) is 0 Å². The van der Waals surface area contributed by atoms with Gasteiger partial charge < -0.3 is 10.2 Å². The fourth-order valence-corrected chi connectivity index (χ4v) is 1.67. The van der Waals surface area contributed by atoms with Crippen molar-refractivity contribution in [2.24, 2.45) is 0 Å². The summed E-state index contributed by atoms with van der Waals surface area (Å²) < 4.78 is 1.48. The van der Waals surface area contributed by atoms with Crippen molar-refractivity contribution in [2.45, 2.75) is 0 Å². The molecule has 1 aromatic carbocycles. The molecule has 7 heteroatoms. The van der Waals surface area contributed by atoms with Gasteiger partial charge in [0.05, 0.1) is 11.7 Å². The summed E-state index contributed by atoms with van der Waals surface area (Å²) in [5, 5.41) is 30.3. The van der Waals surface area contributed by atoms with E-state index in [1.54, 1.807) is 12.3 Å². The van der Waals surface area contributed by atoms with Crippen molar-refractivity contribution in [1.82, 2.24) is 19.8 Å². The van der Waals surface area contributed by atoms with Gasteiger partial charge in [-0.2, -0.15) is 5.10 Å². The van der Waals surface area contributed by atoms with Crippen LogP contribution in [0.3, 0.4) is 0 Å². The number of carboxylic acid groups (broad SMARTS) is 1. The number of carboxylic acids is 1. The Morgan fingerprint density at radius 2 is 2.06 bits per heavy atom. The summed E-state index contributed by atoms with van der Waals surface area (Å²) in [6, 6.07) is 4.50. The number of rotatable bonds is 1. The van der Waals surface area contributed by atoms with Crippen LogP contribution in [-0.4, -0.2) is 36.0 Å². The summed E-state index contributed by atoms with van der Waals surface area (Å²) in [5.74, 6) is -1.62. The van der Waals surface area contributed by atoms with Gasteiger partial charge in [-0.15, -0.1) is 10.2 Å². The van der Waals surface area contributed by atoms with Gasteiger partial charge in [-0.25, -0.2) is 9.31 Å². The van der Waals surface area contributed by atoms with Crippen molar-refractivity contribution < 1.29 is 15.0 Å². The van der Waals surface area contributed by atoms with Crippen LogP contribution < -0.4 is 0 Å². The Kier molecular flexibility index (Phi) is 1.76. The molecule has 3 aromatic rings. The molecule has 0 radical (unpaired) electrons. The number of aromatic carboxylic acids is 1. The number of phenols is 1. The van der Waals surface area contributed by atoms with Crippen LogP contribution in [0.25, 0.3) is 16.7 Å². The number of benzene rings is 1. The lowest BCUT2D eigenvalue weighted by molar-refractivity contribution is 0.0694. The standard InChI is InChI=1S/C10H6N4O3/c15-9-5(10(16)17)1-2-6-8(9)13-12-7-3-4-11-14(6)7/h1-4,15H,(H,16,17). The molecule has 2 aromatic heterocycles. The number of nitrogens with zero attached hydrogens (tertiary/aromatic N) is 4. The van der Waals surface area contributed by atoms with Gasteiger partial charge in [0.15, 0.2) is 16.9 Å². The smallest absolute Gasteiger partial charge is 0.339 e. The normalized spacial score (nSPS) is 11.1. The predicted octanol–water partition coefficient (Wildman–Crippen LogP) is 0.681. The molecule has 0 spiro atoms. The minimum Gasteiger partial charge on any atom is -0.505 e. The third-order valence-corrected chi connectivity index (χ3v) is 2.46. The molecule has 3 rings (SSSR count). The number of hydrogen-bond acceptors (Lipinski definition) is 5. The zero-order valence-electron chi connectivity index (χ0n) is 8.40. The van der Waals surface area contributed by atoms with E-state index in [4.69, 9.17) is 5.11 Å². The van der Waals surface area contributed by atoms with Crippen LogP contribution in [0.4, 0.5) is 0 Å². The van der Waals surface area contributed by atoms with E-state index in [2.05, 4.69) is 15.3 Å². The van der Waals surface area contributed by atoms with Crippen LogP contribution in [0.5, 0.6) is 5.75 Å². The second-order valence-corrected chi connectivity index (χ2v) is 3.44. The highest BCUT2D eigenvalue weighted by Gasteiger charge is 2.15. The van der Waals surface area contributed by atoms with Gasteiger partial charge in [0.25, 0.3) is 0 Å². The second-order valence-electron chi connectivity index (χ2n) is 3.44. The average Bonchev–Trinajstić information content (AvgIpc) is 2.77. The highest BCUT2D eigenvalue weighted by Crippen LogP contribution is 2.26. The third-order valence-electron chi connectivity index (χ3n) is 2.46. The van der Waals surface area contributed by atoms with Gasteiger partial charge in [-0.05, 0) is 12.1 Å². The van der Waals surface area contributed by atoms with Gasteiger partial charge in [0, 0.05) is 6.07 Å². The van der Waals surface area contributed by atoms with Crippen molar-refractivity contribution in [3.63, 3.8) is 0 Å². The number of carbonyl (C=O) groups is 1. The lowest BCUT2D eigenvalue weighted by Crippen LogP contribution is -2.01. The van der Waals surface area contributed by atoms with Gasteiger partial charge >= 0.3 is 5.97 Å². The van der Waals surface area contributed by atoms with Crippen LogP contribution in [0, 0.1) is 0 Å². The maximum atomic E-state index is 10.8. The molecule has 2 heterocycles. The first-order chi connectivity index (χ1) is 8.18. The SMILES string of the molecule is O=C(O)c1ccc2c(nnc3ccnn32)c1O. The van der Waals surface area contributed by atoms with Crippen molar-refractivity contribution >= 4 is 22.6 Å². The molecular weight excluding hydrogens is 224 g/mol. The molecular formula is C10H6N4O3. The largest absolute Gasteiger partial charge is 0.505 e. The summed E-state index contributed by atoms with van der Waals surface area (Å²) in [6.07, 6.45) is 1.55. The monoisotopic (exact) mass is 230 g/mol. The first kappa shape index (κ1) is 9.52. The van der Waals surface area contributed by atoms with Crippen LogP contribution in [0.15, 0.2) is 24.4 Å². The molecule has 0 amide bonds. The van der Waals surface area contributed by atoms with E-state index >= 15 is 0 Å². The first-order valence-corrected chi connectivity index (χ1v) is 4.74. The van der Waals surface area contributed by atoms with Crippen molar-refractivity contribution in [3.8, 4) is 5.75 Å². The minimum absolute atomic E-state index is 0.112. The third kappa shape index (κ3) is 1.22. The number of aromatic nitrogens is 4. The second kappa shape index (κ2) is 3.14. The van der Waals surface area contributed by atoms with E-state index in [-0.39, 0.29) is 11.1 Å². The quantitative estimate of drug-likeness (QED) is 0.637. The molecule has 0 atom stereocenters.